The first-order valence-corrected chi connectivity index (χ1v) is 3.29. The van der Waals surface area contributed by atoms with Crippen LogP contribution >= 0.6 is 0 Å². The molecule has 0 saturated heterocycles. The maximum absolute atomic E-state index is 3.98. The quantitative estimate of drug-likeness (QED) is 0.436. The second-order valence-electron chi connectivity index (χ2n) is 2.69. The molecule has 2 heteroatoms. The predicted molar refractivity (Wildman–Crippen MR) is 34.6 cm³/mol. The third-order valence-corrected chi connectivity index (χ3v) is 1.27. The second-order valence-corrected chi connectivity index (χ2v) is 2.69. The van der Waals surface area contributed by atoms with E-state index < -0.39 is 0 Å². The largest absolute Gasteiger partial charge is 0.350 e. The van der Waals surface area contributed by atoms with Crippen molar-refractivity contribution in [1.82, 2.24) is 0 Å². The lowest BCUT2D eigenvalue weighted by Crippen LogP contribution is -3.08. The molecule has 0 aromatic carbocycles. The highest BCUT2D eigenvalue weighted by molar-refractivity contribution is 4.42. The molecule has 0 aliphatic rings. The van der Waals surface area contributed by atoms with Gasteiger partial charge in [-0.3, -0.25) is 0 Å². The lowest BCUT2D eigenvalue weighted by molar-refractivity contribution is -0.869. The first-order valence-electron chi connectivity index (χ1n) is 3.29. The maximum Gasteiger partial charge on any atom is 0.134 e. The summed E-state index contributed by atoms with van der Waals surface area (Å²) in [4.78, 5) is 1.49. The normalized spacial score (nSPS) is 14.6. The van der Waals surface area contributed by atoms with Crippen LogP contribution in [0.15, 0.2) is 0 Å². The summed E-state index contributed by atoms with van der Waals surface area (Å²) in [7, 11) is 4.32. The van der Waals surface area contributed by atoms with Gasteiger partial charge in [-0.1, -0.05) is 6.92 Å². The highest BCUT2D eigenvalue weighted by Gasteiger charge is 2.04. The molecule has 0 bridgehead atoms. The van der Waals surface area contributed by atoms with Gasteiger partial charge in [0.15, 0.2) is 0 Å². The molecule has 8 heavy (non-hydrogen) atoms. The molecule has 0 aromatic heterocycles. The molecule has 1 atom stereocenters. The molecule has 0 radical (unpaired) electrons. The summed E-state index contributed by atoms with van der Waals surface area (Å²) in [5.74, 6) is 0. The zero-order valence-corrected chi connectivity index (χ0v) is 6.20. The number of nitrogens with one attached hydrogen (secondary N) is 1. The molecule has 0 aliphatic heterocycles. The van der Waals surface area contributed by atoms with Gasteiger partial charge in [0.1, 0.15) is 12.6 Å². The van der Waals surface area contributed by atoms with Crippen LogP contribution in [0.25, 0.3) is 0 Å². The standard InChI is InChI=1S/C6H16N2/c1-4-6(7)5-8(2)3/h6H,4-5,7H2,1-3H3/p+2/t6-/m1/s1. The van der Waals surface area contributed by atoms with Crippen molar-refractivity contribution in [2.24, 2.45) is 0 Å². The summed E-state index contributed by atoms with van der Waals surface area (Å²) in [6, 6.07) is 0.639. The van der Waals surface area contributed by atoms with Crippen molar-refractivity contribution in [1.29, 1.82) is 0 Å². The molecule has 0 aromatic rings. The number of hydrogen-bond acceptors (Lipinski definition) is 0. The topological polar surface area (TPSA) is 32.1 Å². The Labute approximate surface area is 51.7 Å². The number of hydrogen-bond donors (Lipinski definition) is 2. The van der Waals surface area contributed by atoms with Crippen LogP contribution in [0.5, 0.6) is 0 Å². The molecule has 0 saturated carbocycles. The fourth-order valence-corrected chi connectivity index (χ4v) is 0.722. The number of rotatable bonds is 3. The van der Waals surface area contributed by atoms with E-state index in [1.54, 1.807) is 0 Å². The van der Waals surface area contributed by atoms with Crippen molar-refractivity contribution >= 4 is 0 Å². The average Bonchev–Trinajstić information content (AvgIpc) is 1.65. The van der Waals surface area contributed by atoms with Gasteiger partial charge in [-0.15, -0.1) is 0 Å². The van der Waals surface area contributed by atoms with Crippen molar-refractivity contribution in [3.63, 3.8) is 0 Å². The van der Waals surface area contributed by atoms with Crippen molar-refractivity contribution < 1.29 is 10.6 Å². The Morgan fingerprint density at radius 1 is 1.50 bits per heavy atom. The number of likely N-dealkylation sites (N-methyl/N-ethyl adjacent to an activating group) is 1. The Morgan fingerprint density at radius 3 is 2.12 bits per heavy atom. The van der Waals surface area contributed by atoms with E-state index in [2.05, 4.69) is 26.8 Å². The highest BCUT2D eigenvalue weighted by atomic mass is 15.1. The summed E-state index contributed by atoms with van der Waals surface area (Å²) >= 11 is 0. The van der Waals surface area contributed by atoms with Crippen molar-refractivity contribution in [3.05, 3.63) is 0 Å². The third-order valence-electron chi connectivity index (χ3n) is 1.27. The van der Waals surface area contributed by atoms with Gasteiger partial charge in [-0.2, -0.15) is 0 Å². The Morgan fingerprint density at radius 2 is 2.00 bits per heavy atom. The summed E-state index contributed by atoms with van der Waals surface area (Å²) in [5.41, 5.74) is 3.98. The molecule has 2 nitrogen and oxygen atoms in total. The third kappa shape index (κ3) is 4.09. The lowest BCUT2D eigenvalue weighted by atomic mass is 10.2. The minimum atomic E-state index is 0.639. The monoisotopic (exact) mass is 118 g/mol. The van der Waals surface area contributed by atoms with E-state index in [0.717, 1.165) is 0 Å². The van der Waals surface area contributed by atoms with Crippen LogP contribution in [0.1, 0.15) is 13.3 Å². The Bertz CT molecular complexity index is 52.5. The molecule has 4 N–H and O–H groups in total. The molecule has 0 unspecified atom stereocenters. The molecule has 0 spiro atoms. The van der Waals surface area contributed by atoms with Crippen molar-refractivity contribution in [3.8, 4) is 0 Å². The minimum Gasteiger partial charge on any atom is -0.350 e. The van der Waals surface area contributed by atoms with E-state index >= 15 is 0 Å². The van der Waals surface area contributed by atoms with Crippen LogP contribution in [0.2, 0.25) is 0 Å². The molecular formula is C6H18N2+2. The summed E-state index contributed by atoms with van der Waals surface area (Å²) in [5, 5.41) is 0. The van der Waals surface area contributed by atoms with Gasteiger partial charge in [-0.25, -0.2) is 0 Å². The fraction of sp³-hybridized carbons (Fsp3) is 1.00. The van der Waals surface area contributed by atoms with E-state index in [1.807, 2.05) is 0 Å². The summed E-state index contributed by atoms with van der Waals surface area (Å²) in [6.07, 6.45) is 1.20. The van der Waals surface area contributed by atoms with Gasteiger partial charge >= 0.3 is 0 Å². The van der Waals surface area contributed by atoms with Crippen LogP contribution in [-0.4, -0.2) is 26.7 Å². The highest BCUT2D eigenvalue weighted by Crippen LogP contribution is 1.74. The van der Waals surface area contributed by atoms with Gasteiger partial charge in [0, 0.05) is 6.42 Å². The zero-order valence-electron chi connectivity index (χ0n) is 6.20. The van der Waals surface area contributed by atoms with Gasteiger partial charge in [-0.05, 0) is 0 Å². The zero-order chi connectivity index (χ0) is 6.57. The first kappa shape index (κ1) is 7.92. The van der Waals surface area contributed by atoms with E-state index in [9.17, 15) is 0 Å². The van der Waals surface area contributed by atoms with Crippen LogP contribution in [0, 0.1) is 0 Å². The summed E-state index contributed by atoms with van der Waals surface area (Å²) < 4.78 is 0. The molecular weight excluding hydrogens is 100 g/mol. The average molecular weight is 118 g/mol. The molecule has 0 aliphatic carbocycles. The molecule has 0 rings (SSSR count). The van der Waals surface area contributed by atoms with E-state index in [-0.39, 0.29) is 0 Å². The molecule has 0 fully saturated rings. The number of quaternary nitrogens is 2. The van der Waals surface area contributed by atoms with E-state index in [1.165, 1.54) is 17.9 Å². The first-order chi connectivity index (χ1) is 3.66. The molecule has 50 valence electrons. The molecule has 0 heterocycles. The van der Waals surface area contributed by atoms with Crippen molar-refractivity contribution in [2.45, 2.75) is 19.4 Å². The summed E-state index contributed by atoms with van der Waals surface area (Å²) in [6.45, 7) is 3.37. The van der Waals surface area contributed by atoms with Gasteiger partial charge in [0.05, 0.1) is 14.1 Å². The van der Waals surface area contributed by atoms with E-state index in [4.69, 9.17) is 0 Å². The SMILES string of the molecule is CC[C@@H]([NH3+])C[NH+](C)C. The fourth-order valence-electron chi connectivity index (χ4n) is 0.722. The smallest absolute Gasteiger partial charge is 0.134 e. The van der Waals surface area contributed by atoms with Gasteiger partial charge in [0.25, 0.3) is 0 Å². The van der Waals surface area contributed by atoms with Crippen LogP contribution in [-0.2, 0) is 0 Å². The van der Waals surface area contributed by atoms with Crippen LogP contribution < -0.4 is 10.6 Å². The second kappa shape index (κ2) is 3.87. The van der Waals surface area contributed by atoms with Gasteiger partial charge < -0.3 is 10.6 Å². The Balaban J connectivity index is 3.10. The Hall–Kier alpha value is -0.0800. The van der Waals surface area contributed by atoms with Crippen molar-refractivity contribution in [2.75, 3.05) is 20.6 Å². The van der Waals surface area contributed by atoms with Crippen LogP contribution in [0.3, 0.4) is 0 Å². The predicted octanol–water partition coefficient (Wildman–Crippen LogP) is -1.85. The molecule has 0 amide bonds. The lowest BCUT2D eigenvalue weighted by Gasteiger charge is -2.08. The maximum atomic E-state index is 3.98. The van der Waals surface area contributed by atoms with Crippen LogP contribution in [0.4, 0.5) is 0 Å². The van der Waals surface area contributed by atoms with Gasteiger partial charge in [0.2, 0.25) is 0 Å². The van der Waals surface area contributed by atoms with E-state index in [0.29, 0.717) is 6.04 Å². The minimum absolute atomic E-state index is 0.639. The Kier molecular flexibility index (Phi) is 3.83.